The first kappa shape index (κ1) is 21.9. The first-order valence-electron chi connectivity index (χ1n) is 9.19. The maximum absolute atomic E-state index is 10.5. The fourth-order valence-corrected chi connectivity index (χ4v) is 3.78. The van der Waals surface area contributed by atoms with Crippen LogP contribution in [-0.2, 0) is 9.47 Å². The van der Waals surface area contributed by atoms with Gasteiger partial charge in [0.2, 0.25) is 0 Å². The third kappa shape index (κ3) is 4.21. The summed E-state index contributed by atoms with van der Waals surface area (Å²) in [5.41, 5.74) is 0. The van der Waals surface area contributed by atoms with Gasteiger partial charge in [-0.2, -0.15) is 0 Å². The van der Waals surface area contributed by atoms with Gasteiger partial charge >= 0.3 is 0 Å². The molecule has 1 unspecified atom stereocenters. The Kier molecular flexibility index (Phi) is 7.78. The highest BCUT2D eigenvalue weighted by Crippen LogP contribution is 2.33. The van der Waals surface area contributed by atoms with Crippen molar-refractivity contribution in [2.75, 3.05) is 13.2 Å². The number of aliphatic hydroxyl groups excluding tert-OH is 7. The molecule has 0 spiro atoms. The molecule has 11 atom stereocenters. The van der Waals surface area contributed by atoms with Gasteiger partial charge in [-0.05, 0) is 12.3 Å². The molecule has 0 aromatic carbocycles. The van der Waals surface area contributed by atoms with Crippen LogP contribution in [0, 0.1) is 11.8 Å². The van der Waals surface area contributed by atoms with Gasteiger partial charge < -0.3 is 45.2 Å². The standard InChI is InChI=1S/C17H32O9/c1-3-7(2)16-14(23)15(24)17(10(6-19)26-16)25-9-4-8(5-18)11(20)13(22)12(9)21/h7-24H,3-6H2,1-2H3/t7?,8-,9+,10-,11-,12+,13+,14-,15-,16-,17-/m1/s1. The second kappa shape index (κ2) is 9.22. The second-order valence-electron chi connectivity index (χ2n) is 7.48. The van der Waals surface area contributed by atoms with Gasteiger partial charge in [0.25, 0.3) is 0 Å². The summed E-state index contributed by atoms with van der Waals surface area (Å²) in [5, 5.41) is 69.9. The molecule has 2 aliphatic rings. The first-order valence-corrected chi connectivity index (χ1v) is 9.19. The topological polar surface area (TPSA) is 160 Å². The molecule has 9 heteroatoms. The number of hydrogen-bond acceptors (Lipinski definition) is 9. The SMILES string of the molecule is CCC(C)[C@H]1O[C@H](CO)[C@@H](O[C@H]2C[C@H](CO)[C@@H](O)[C@H](O)[C@H]2O)[C@H](O)[C@H]1O. The number of hydrogen-bond donors (Lipinski definition) is 7. The van der Waals surface area contributed by atoms with Gasteiger partial charge in [-0.25, -0.2) is 0 Å². The lowest BCUT2D eigenvalue weighted by Gasteiger charge is -2.47. The number of aliphatic hydroxyl groups is 7. The minimum absolute atomic E-state index is 0.0438. The maximum Gasteiger partial charge on any atom is 0.115 e. The van der Waals surface area contributed by atoms with Crippen molar-refractivity contribution in [1.82, 2.24) is 0 Å². The van der Waals surface area contributed by atoms with E-state index in [1.807, 2.05) is 13.8 Å². The predicted molar refractivity (Wildman–Crippen MR) is 89.1 cm³/mol. The van der Waals surface area contributed by atoms with E-state index in [1.165, 1.54) is 0 Å². The minimum atomic E-state index is -1.52. The highest BCUT2D eigenvalue weighted by molar-refractivity contribution is 4.98. The summed E-state index contributed by atoms with van der Waals surface area (Å²) in [7, 11) is 0. The molecule has 0 bridgehead atoms. The Labute approximate surface area is 152 Å². The van der Waals surface area contributed by atoms with E-state index in [9.17, 15) is 35.7 Å². The van der Waals surface area contributed by atoms with Crippen molar-refractivity contribution in [2.45, 2.75) is 81.6 Å². The van der Waals surface area contributed by atoms with Crippen LogP contribution in [0.15, 0.2) is 0 Å². The van der Waals surface area contributed by atoms with E-state index in [0.717, 1.165) is 0 Å². The fourth-order valence-electron chi connectivity index (χ4n) is 3.78. The summed E-state index contributed by atoms with van der Waals surface area (Å²) in [6.45, 7) is 2.92. The largest absolute Gasteiger partial charge is 0.396 e. The lowest BCUT2D eigenvalue weighted by atomic mass is 9.80. The van der Waals surface area contributed by atoms with E-state index in [0.29, 0.717) is 6.42 Å². The lowest BCUT2D eigenvalue weighted by Crippen LogP contribution is -2.63. The molecule has 0 aromatic rings. The van der Waals surface area contributed by atoms with Crippen molar-refractivity contribution in [1.29, 1.82) is 0 Å². The van der Waals surface area contributed by atoms with Crippen LogP contribution in [0.3, 0.4) is 0 Å². The van der Waals surface area contributed by atoms with E-state index >= 15 is 0 Å². The molecule has 1 aliphatic heterocycles. The molecule has 1 saturated heterocycles. The van der Waals surface area contributed by atoms with Crippen LogP contribution in [-0.4, -0.2) is 104 Å². The van der Waals surface area contributed by atoms with Crippen molar-refractivity contribution < 1.29 is 45.2 Å². The summed E-state index contributed by atoms with van der Waals surface area (Å²) in [6, 6.07) is 0. The van der Waals surface area contributed by atoms with Gasteiger partial charge in [0.05, 0.1) is 24.9 Å². The Hall–Kier alpha value is -0.360. The zero-order valence-electron chi connectivity index (χ0n) is 15.1. The molecule has 26 heavy (non-hydrogen) atoms. The number of rotatable bonds is 6. The molecule has 1 saturated carbocycles. The zero-order valence-corrected chi connectivity index (χ0v) is 15.1. The van der Waals surface area contributed by atoms with Crippen LogP contribution in [0.1, 0.15) is 26.7 Å². The Balaban J connectivity index is 2.14. The van der Waals surface area contributed by atoms with Gasteiger partial charge in [0, 0.05) is 12.5 Å². The summed E-state index contributed by atoms with van der Waals surface area (Å²) in [4.78, 5) is 0. The molecule has 0 amide bonds. The lowest BCUT2D eigenvalue weighted by molar-refractivity contribution is -0.278. The van der Waals surface area contributed by atoms with Crippen LogP contribution in [0.4, 0.5) is 0 Å². The van der Waals surface area contributed by atoms with Crippen molar-refractivity contribution in [3.05, 3.63) is 0 Å². The van der Waals surface area contributed by atoms with Gasteiger partial charge in [0.15, 0.2) is 0 Å². The molecule has 1 aliphatic carbocycles. The molecular weight excluding hydrogens is 348 g/mol. The molecule has 154 valence electrons. The van der Waals surface area contributed by atoms with Crippen molar-refractivity contribution in [2.24, 2.45) is 11.8 Å². The highest BCUT2D eigenvalue weighted by atomic mass is 16.6. The van der Waals surface area contributed by atoms with E-state index in [1.54, 1.807) is 0 Å². The zero-order chi connectivity index (χ0) is 19.6. The van der Waals surface area contributed by atoms with Crippen LogP contribution >= 0.6 is 0 Å². The second-order valence-corrected chi connectivity index (χ2v) is 7.48. The van der Waals surface area contributed by atoms with Crippen molar-refractivity contribution in [3.8, 4) is 0 Å². The molecule has 2 fully saturated rings. The summed E-state index contributed by atoms with van der Waals surface area (Å²) < 4.78 is 11.4. The molecule has 0 aromatic heterocycles. The van der Waals surface area contributed by atoms with Crippen LogP contribution in [0.25, 0.3) is 0 Å². The smallest absolute Gasteiger partial charge is 0.115 e. The Bertz CT molecular complexity index is 432. The average molecular weight is 380 g/mol. The van der Waals surface area contributed by atoms with Gasteiger partial charge in [0.1, 0.15) is 36.6 Å². The average Bonchev–Trinajstić information content (AvgIpc) is 2.65. The minimum Gasteiger partial charge on any atom is -0.396 e. The third-order valence-electron chi connectivity index (χ3n) is 5.77. The highest BCUT2D eigenvalue weighted by Gasteiger charge is 2.50. The molecular formula is C17H32O9. The van der Waals surface area contributed by atoms with Gasteiger partial charge in [-0.1, -0.05) is 20.3 Å². The Morgan fingerprint density at radius 1 is 0.923 bits per heavy atom. The van der Waals surface area contributed by atoms with Crippen LogP contribution < -0.4 is 0 Å². The third-order valence-corrected chi connectivity index (χ3v) is 5.77. The molecule has 1 heterocycles. The van der Waals surface area contributed by atoms with E-state index in [-0.39, 0.29) is 12.3 Å². The Morgan fingerprint density at radius 2 is 1.58 bits per heavy atom. The Morgan fingerprint density at radius 3 is 2.12 bits per heavy atom. The van der Waals surface area contributed by atoms with E-state index < -0.39 is 74.1 Å². The molecule has 7 N–H and O–H groups in total. The van der Waals surface area contributed by atoms with E-state index in [2.05, 4.69) is 0 Å². The monoisotopic (exact) mass is 380 g/mol. The fraction of sp³-hybridized carbons (Fsp3) is 1.00. The normalized spacial score (nSPS) is 48.3. The van der Waals surface area contributed by atoms with Gasteiger partial charge in [-0.3, -0.25) is 0 Å². The number of ether oxygens (including phenoxy) is 2. The summed E-state index contributed by atoms with van der Waals surface area (Å²) >= 11 is 0. The molecule has 0 radical (unpaired) electrons. The van der Waals surface area contributed by atoms with Crippen LogP contribution in [0.2, 0.25) is 0 Å². The first-order chi connectivity index (χ1) is 12.3. The van der Waals surface area contributed by atoms with Crippen LogP contribution in [0.5, 0.6) is 0 Å². The quantitative estimate of drug-likeness (QED) is 0.261. The summed E-state index contributed by atoms with van der Waals surface area (Å²) in [6.07, 6.45) is -9.81. The van der Waals surface area contributed by atoms with Gasteiger partial charge in [-0.15, -0.1) is 0 Å². The van der Waals surface area contributed by atoms with Crippen molar-refractivity contribution >= 4 is 0 Å². The molecule has 2 rings (SSSR count). The maximum atomic E-state index is 10.5. The van der Waals surface area contributed by atoms with E-state index in [4.69, 9.17) is 9.47 Å². The summed E-state index contributed by atoms with van der Waals surface area (Å²) in [5.74, 6) is -0.754. The predicted octanol–water partition coefficient (Wildman–Crippen LogP) is -2.64. The molecule has 9 nitrogen and oxygen atoms in total. The van der Waals surface area contributed by atoms with Crippen molar-refractivity contribution in [3.63, 3.8) is 0 Å².